The first-order chi connectivity index (χ1) is 12.0. The summed E-state index contributed by atoms with van der Waals surface area (Å²) in [5.41, 5.74) is 8.00. The van der Waals surface area contributed by atoms with E-state index in [1.807, 2.05) is 30.3 Å². The number of hydrogen-bond acceptors (Lipinski definition) is 5. The molecule has 6 nitrogen and oxygen atoms in total. The zero-order valence-electron chi connectivity index (χ0n) is 12.8. The van der Waals surface area contributed by atoms with Gasteiger partial charge in [0.15, 0.2) is 0 Å². The summed E-state index contributed by atoms with van der Waals surface area (Å²) in [6, 6.07) is 17.3. The van der Waals surface area contributed by atoms with Crippen LogP contribution in [0, 0.1) is 21.4 Å². The minimum absolute atomic E-state index is 0.0314. The van der Waals surface area contributed by atoms with Crippen LogP contribution in [-0.2, 0) is 0 Å². The van der Waals surface area contributed by atoms with E-state index in [4.69, 9.17) is 5.73 Å². The van der Waals surface area contributed by atoms with Gasteiger partial charge in [0.1, 0.15) is 17.5 Å². The van der Waals surface area contributed by atoms with Gasteiger partial charge in [-0.1, -0.05) is 46.3 Å². The molecule has 0 radical (unpaired) electrons. The topological polar surface area (TPSA) is 106 Å². The fourth-order valence-corrected chi connectivity index (χ4v) is 3.05. The van der Waals surface area contributed by atoms with Crippen LogP contribution < -0.4 is 5.73 Å². The molecule has 7 heteroatoms. The Hall–Kier alpha value is -3.24. The highest BCUT2D eigenvalue weighted by Gasteiger charge is 2.21. The highest BCUT2D eigenvalue weighted by molar-refractivity contribution is 9.10. The molecule has 0 aliphatic rings. The van der Waals surface area contributed by atoms with Gasteiger partial charge in [0.2, 0.25) is 0 Å². The van der Waals surface area contributed by atoms with Crippen molar-refractivity contribution in [3.63, 3.8) is 0 Å². The molecule has 3 aromatic rings. The van der Waals surface area contributed by atoms with Crippen molar-refractivity contribution >= 4 is 27.4 Å². The summed E-state index contributed by atoms with van der Waals surface area (Å²) in [4.78, 5) is 15.2. The number of benzene rings is 2. The number of nitro groups is 1. The largest absolute Gasteiger partial charge is 0.383 e. The van der Waals surface area contributed by atoms with Gasteiger partial charge in [-0.15, -0.1) is 0 Å². The highest BCUT2D eigenvalue weighted by atomic mass is 79.9. The second-order valence-electron chi connectivity index (χ2n) is 5.18. The van der Waals surface area contributed by atoms with E-state index in [2.05, 4.69) is 20.9 Å². The van der Waals surface area contributed by atoms with E-state index in [0.29, 0.717) is 16.8 Å². The standard InChI is InChI=1S/C18H11BrN4O2/c19-15-7-3-1-6-12(15)16-9-13(14(10-20)18(21)22-16)11-5-2-4-8-17(11)23(24)25/h1-9H,(H2,21,22). The van der Waals surface area contributed by atoms with E-state index < -0.39 is 4.92 Å². The molecule has 25 heavy (non-hydrogen) atoms. The van der Waals surface area contributed by atoms with Crippen molar-refractivity contribution in [2.24, 2.45) is 0 Å². The predicted octanol–water partition coefficient (Wildman–Crippen LogP) is 4.54. The Morgan fingerprint density at radius 3 is 2.36 bits per heavy atom. The number of nitro benzene ring substituents is 1. The molecule has 1 aromatic heterocycles. The number of nitrogens with zero attached hydrogens (tertiary/aromatic N) is 3. The second-order valence-corrected chi connectivity index (χ2v) is 6.04. The summed E-state index contributed by atoms with van der Waals surface area (Å²) in [5.74, 6) is 0.0314. The number of nitriles is 1. The van der Waals surface area contributed by atoms with Crippen molar-refractivity contribution < 1.29 is 4.92 Å². The van der Waals surface area contributed by atoms with E-state index in [9.17, 15) is 15.4 Å². The van der Waals surface area contributed by atoms with Gasteiger partial charge in [0.05, 0.1) is 16.2 Å². The number of aromatic nitrogens is 1. The minimum atomic E-state index is -0.481. The van der Waals surface area contributed by atoms with Gasteiger partial charge in [-0.2, -0.15) is 5.26 Å². The van der Waals surface area contributed by atoms with Crippen LogP contribution in [0.1, 0.15) is 5.56 Å². The van der Waals surface area contributed by atoms with E-state index in [0.717, 1.165) is 10.0 Å². The van der Waals surface area contributed by atoms with E-state index in [-0.39, 0.29) is 17.1 Å². The molecule has 2 aromatic carbocycles. The van der Waals surface area contributed by atoms with Gasteiger partial charge in [-0.3, -0.25) is 10.1 Å². The van der Waals surface area contributed by atoms with E-state index in [1.165, 1.54) is 6.07 Å². The van der Waals surface area contributed by atoms with Gasteiger partial charge in [0.25, 0.3) is 5.69 Å². The van der Waals surface area contributed by atoms with Gasteiger partial charge < -0.3 is 5.73 Å². The Balaban J connectivity index is 2.33. The Morgan fingerprint density at radius 2 is 1.72 bits per heavy atom. The normalized spacial score (nSPS) is 10.2. The quantitative estimate of drug-likeness (QED) is 0.518. The second kappa shape index (κ2) is 6.71. The number of anilines is 1. The Bertz CT molecular complexity index is 1030. The van der Waals surface area contributed by atoms with Crippen molar-refractivity contribution in [2.45, 2.75) is 0 Å². The molecular weight excluding hydrogens is 384 g/mol. The average molecular weight is 395 g/mol. The third-order valence-electron chi connectivity index (χ3n) is 3.70. The van der Waals surface area contributed by atoms with Gasteiger partial charge >= 0.3 is 0 Å². The smallest absolute Gasteiger partial charge is 0.277 e. The van der Waals surface area contributed by atoms with Crippen LogP contribution in [0.3, 0.4) is 0 Å². The monoisotopic (exact) mass is 394 g/mol. The Kier molecular flexibility index (Phi) is 4.46. The molecule has 0 atom stereocenters. The Morgan fingerprint density at radius 1 is 1.08 bits per heavy atom. The maximum absolute atomic E-state index is 11.4. The SMILES string of the molecule is N#Cc1c(-c2ccccc2[N+](=O)[O-])cc(-c2ccccc2Br)nc1N. The molecule has 3 rings (SSSR count). The third-order valence-corrected chi connectivity index (χ3v) is 4.39. The molecular formula is C18H11BrN4O2. The fourth-order valence-electron chi connectivity index (χ4n) is 2.56. The molecule has 0 fully saturated rings. The summed E-state index contributed by atoms with van der Waals surface area (Å²) in [7, 11) is 0. The summed E-state index contributed by atoms with van der Waals surface area (Å²) >= 11 is 3.46. The number of nitrogens with two attached hydrogens (primary N) is 1. The average Bonchev–Trinajstić information content (AvgIpc) is 2.61. The lowest BCUT2D eigenvalue weighted by Gasteiger charge is -2.11. The number of nitrogen functional groups attached to an aromatic ring is 1. The van der Waals surface area contributed by atoms with E-state index >= 15 is 0 Å². The number of para-hydroxylation sites is 1. The predicted molar refractivity (Wildman–Crippen MR) is 98.6 cm³/mol. The summed E-state index contributed by atoms with van der Waals surface area (Å²) in [6.45, 7) is 0. The van der Waals surface area contributed by atoms with Crippen LogP contribution in [0.5, 0.6) is 0 Å². The zero-order chi connectivity index (χ0) is 18.0. The third kappa shape index (κ3) is 3.07. The molecule has 2 N–H and O–H groups in total. The maximum Gasteiger partial charge on any atom is 0.277 e. The molecule has 1 heterocycles. The van der Waals surface area contributed by atoms with Gasteiger partial charge in [-0.25, -0.2) is 4.98 Å². The first-order valence-electron chi connectivity index (χ1n) is 7.22. The lowest BCUT2D eigenvalue weighted by molar-refractivity contribution is -0.384. The molecule has 0 saturated heterocycles. The molecule has 0 saturated carbocycles. The first-order valence-corrected chi connectivity index (χ1v) is 8.01. The number of pyridine rings is 1. The molecule has 0 amide bonds. The zero-order valence-corrected chi connectivity index (χ0v) is 14.4. The number of hydrogen-bond donors (Lipinski definition) is 1. The van der Waals surface area contributed by atoms with Crippen LogP contribution in [0.4, 0.5) is 11.5 Å². The molecule has 122 valence electrons. The lowest BCUT2D eigenvalue weighted by Crippen LogP contribution is -2.01. The van der Waals surface area contributed by atoms with Crippen molar-refractivity contribution in [2.75, 3.05) is 5.73 Å². The van der Waals surface area contributed by atoms with Crippen molar-refractivity contribution in [3.8, 4) is 28.5 Å². The fraction of sp³-hybridized carbons (Fsp3) is 0. The number of halogens is 1. The van der Waals surface area contributed by atoms with Crippen molar-refractivity contribution in [1.29, 1.82) is 5.26 Å². The summed E-state index contributed by atoms with van der Waals surface area (Å²) < 4.78 is 0.806. The van der Waals surface area contributed by atoms with Crippen LogP contribution in [0.25, 0.3) is 22.4 Å². The minimum Gasteiger partial charge on any atom is -0.383 e. The van der Waals surface area contributed by atoms with Gasteiger partial charge in [-0.05, 0) is 18.2 Å². The Labute approximate surface area is 151 Å². The lowest BCUT2D eigenvalue weighted by atomic mass is 9.97. The van der Waals surface area contributed by atoms with E-state index in [1.54, 1.807) is 24.3 Å². The summed E-state index contributed by atoms with van der Waals surface area (Å²) in [5, 5.41) is 20.8. The van der Waals surface area contributed by atoms with Crippen molar-refractivity contribution in [1.82, 2.24) is 4.98 Å². The molecule has 0 aliphatic heterocycles. The molecule has 0 bridgehead atoms. The van der Waals surface area contributed by atoms with Crippen LogP contribution in [-0.4, -0.2) is 9.91 Å². The maximum atomic E-state index is 11.4. The van der Waals surface area contributed by atoms with Crippen LogP contribution >= 0.6 is 15.9 Å². The molecule has 0 unspecified atom stereocenters. The van der Waals surface area contributed by atoms with Gasteiger partial charge in [0, 0.05) is 21.7 Å². The molecule has 0 spiro atoms. The molecule has 0 aliphatic carbocycles. The van der Waals surface area contributed by atoms with Crippen LogP contribution in [0.2, 0.25) is 0 Å². The summed E-state index contributed by atoms with van der Waals surface area (Å²) in [6.07, 6.45) is 0. The van der Waals surface area contributed by atoms with Crippen LogP contribution in [0.15, 0.2) is 59.1 Å². The van der Waals surface area contributed by atoms with Crippen molar-refractivity contribution in [3.05, 3.63) is 74.7 Å². The first kappa shape index (κ1) is 16.6. The number of rotatable bonds is 3. The highest BCUT2D eigenvalue weighted by Crippen LogP contribution is 2.37.